The van der Waals surface area contributed by atoms with Crippen molar-refractivity contribution in [3.8, 4) is 5.75 Å². The normalized spacial score (nSPS) is 20.5. The van der Waals surface area contributed by atoms with E-state index >= 15 is 0 Å². The van der Waals surface area contributed by atoms with Gasteiger partial charge in [0.15, 0.2) is 5.78 Å². The van der Waals surface area contributed by atoms with Gasteiger partial charge < -0.3 is 14.8 Å². The topological polar surface area (TPSA) is 77.0 Å². The molecule has 34 heavy (non-hydrogen) atoms. The smallest absolute Gasteiger partial charge is 0.163 e. The molecule has 0 radical (unpaired) electrons. The number of nitrogens with zero attached hydrogens (tertiary/aromatic N) is 1. The highest BCUT2D eigenvalue weighted by molar-refractivity contribution is 5.96. The maximum atomic E-state index is 12.9. The van der Waals surface area contributed by atoms with Crippen LogP contribution in [-0.2, 0) is 24.1 Å². The molecule has 2 aromatic rings. The molecule has 6 heteroatoms. The molecule has 0 saturated carbocycles. The summed E-state index contributed by atoms with van der Waals surface area (Å²) in [6, 6.07) is 14.0. The highest BCUT2D eigenvalue weighted by Gasteiger charge is 2.22. The molecule has 4 rings (SSSR count). The first kappa shape index (κ1) is 24.6. The van der Waals surface area contributed by atoms with E-state index in [4.69, 9.17) is 9.47 Å². The molecule has 2 unspecified atom stereocenters. The number of aryl methyl sites for hydroxylation is 1. The van der Waals surface area contributed by atoms with Gasteiger partial charge in [-0.2, -0.15) is 4.91 Å². The Labute approximate surface area is 202 Å². The van der Waals surface area contributed by atoms with Gasteiger partial charge in [0.2, 0.25) is 0 Å². The number of carbonyl (C=O) groups is 1. The number of rotatable bonds is 12. The van der Waals surface area contributed by atoms with E-state index in [1.165, 1.54) is 16.7 Å². The van der Waals surface area contributed by atoms with Crippen molar-refractivity contribution in [2.45, 2.75) is 70.6 Å². The van der Waals surface area contributed by atoms with E-state index in [1.54, 1.807) is 0 Å². The summed E-state index contributed by atoms with van der Waals surface area (Å²) in [5.41, 5.74) is 4.73. The Morgan fingerprint density at radius 3 is 2.76 bits per heavy atom. The monoisotopic (exact) mass is 464 g/mol. The van der Waals surface area contributed by atoms with Crippen molar-refractivity contribution in [1.82, 2.24) is 5.32 Å². The van der Waals surface area contributed by atoms with Gasteiger partial charge in [-0.15, -0.1) is 0 Å². The molecule has 2 aromatic carbocycles. The van der Waals surface area contributed by atoms with E-state index in [-0.39, 0.29) is 17.9 Å². The summed E-state index contributed by atoms with van der Waals surface area (Å²) < 4.78 is 11.4. The van der Waals surface area contributed by atoms with Crippen LogP contribution >= 0.6 is 0 Å². The minimum atomic E-state index is -0.161. The molecule has 0 spiro atoms. The molecular weight excluding hydrogens is 428 g/mol. The standard InChI is InChI=1S/C28H36N2O4/c1-2-25(30-32)18-29-17-21-6-8-23-14-20(5-7-24(23)15-21)16-28(31)22-9-11-26(12-10-22)34-19-27-4-3-13-33-27/h6,8-12,15,20,25,27,29H,2-5,7,13-14,16-19H2,1H3/t20?,25?,27-/m0/s1. The Hall–Kier alpha value is -2.57. The second kappa shape index (κ2) is 12.2. The molecule has 1 heterocycles. The largest absolute Gasteiger partial charge is 0.491 e. The van der Waals surface area contributed by atoms with E-state index in [0.29, 0.717) is 25.5 Å². The Morgan fingerprint density at radius 1 is 1.18 bits per heavy atom. The van der Waals surface area contributed by atoms with Crippen LogP contribution in [0, 0.1) is 10.8 Å². The Balaban J connectivity index is 1.24. The van der Waals surface area contributed by atoms with E-state index in [9.17, 15) is 9.70 Å². The van der Waals surface area contributed by atoms with Gasteiger partial charge in [0, 0.05) is 31.7 Å². The van der Waals surface area contributed by atoms with E-state index in [2.05, 4.69) is 28.7 Å². The minimum Gasteiger partial charge on any atom is -0.491 e. The van der Waals surface area contributed by atoms with Crippen molar-refractivity contribution in [3.05, 3.63) is 69.6 Å². The van der Waals surface area contributed by atoms with E-state index in [0.717, 1.165) is 63.0 Å². The van der Waals surface area contributed by atoms with Gasteiger partial charge in [-0.3, -0.25) is 4.79 Å². The lowest BCUT2D eigenvalue weighted by Gasteiger charge is -2.25. The number of fused-ring (bicyclic) bond motifs is 1. The van der Waals surface area contributed by atoms with Crippen molar-refractivity contribution in [1.29, 1.82) is 0 Å². The number of benzene rings is 2. The lowest BCUT2D eigenvalue weighted by Crippen LogP contribution is -2.24. The fourth-order valence-corrected chi connectivity index (χ4v) is 4.89. The predicted octanol–water partition coefficient (Wildman–Crippen LogP) is 5.26. The zero-order valence-corrected chi connectivity index (χ0v) is 20.1. The first-order valence-electron chi connectivity index (χ1n) is 12.7. The first-order valence-corrected chi connectivity index (χ1v) is 12.7. The molecule has 1 aliphatic carbocycles. The van der Waals surface area contributed by atoms with Crippen molar-refractivity contribution < 1.29 is 14.3 Å². The SMILES string of the molecule is CCC(CNCc1ccc2c(c1)CCC(CC(=O)c1ccc(OC[C@@H]3CCCO3)cc1)C2)N=O. The van der Waals surface area contributed by atoms with Crippen LogP contribution in [0.3, 0.4) is 0 Å². The van der Waals surface area contributed by atoms with Gasteiger partial charge >= 0.3 is 0 Å². The number of hydrogen-bond donors (Lipinski definition) is 1. The van der Waals surface area contributed by atoms with Crippen LogP contribution in [0.15, 0.2) is 47.6 Å². The van der Waals surface area contributed by atoms with Crippen LogP contribution < -0.4 is 10.1 Å². The highest BCUT2D eigenvalue weighted by Crippen LogP contribution is 2.29. The van der Waals surface area contributed by atoms with Crippen LogP contribution in [0.2, 0.25) is 0 Å². The third kappa shape index (κ3) is 6.73. The molecule has 3 atom stereocenters. The van der Waals surface area contributed by atoms with Crippen LogP contribution in [0.5, 0.6) is 5.75 Å². The molecule has 1 aliphatic heterocycles. The summed E-state index contributed by atoms with van der Waals surface area (Å²) >= 11 is 0. The molecule has 2 aliphatic rings. The molecule has 0 bridgehead atoms. The summed E-state index contributed by atoms with van der Waals surface area (Å²) in [6.45, 7) is 4.73. The van der Waals surface area contributed by atoms with Gasteiger partial charge in [0.1, 0.15) is 18.4 Å². The van der Waals surface area contributed by atoms with Gasteiger partial charge in [-0.25, -0.2) is 0 Å². The zero-order valence-electron chi connectivity index (χ0n) is 20.1. The van der Waals surface area contributed by atoms with Gasteiger partial charge in [-0.1, -0.05) is 30.3 Å². The summed E-state index contributed by atoms with van der Waals surface area (Å²) in [5, 5.41) is 6.47. The summed E-state index contributed by atoms with van der Waals surface area (Å²) in [5.74, 6) is 1.37. The quantitative estimate of drug-likeness (QED) is 0.343. The minimum absolute atomic E-state index is 0.161. The first-order chi connectivity index (χ1) is 16.6. The maximum Gasteiger partial charge on any atom is 0.163 e. The average molecular weight is 465 g/mol. The molecule has 1 saturated heterocycles. The van der Waals surface area contributed by atoms with Crippen molar-refractivity contribution in [3.63, 3.8) is 0 Å². The summed E-state index contributed by atoms with van der Waals surface area (Å²) in [6.07, 6.45) is 6.67. The molecule has 0 amide bonds. The highest BCUT2D eigenvalue weighted by atomic mass is 16.5. The number of ether oxygens (including phenoxy) is 2. The third-order valence-corrected chi connectivity index (χ3v) is 7.04. The molecule has 1 N–H and O–H groups in total. The number of nitroso groups, excluding NO2 is 1. The molecule has 1 fully saturated rings. The zero-order chi connectivity index (χ0) is 23.8. The van der Waals surface area contributed by atoms with Gasteiger partial charge in [0.05, 0.1) is 6.10 Å². The molecular formula is C28H36N2O4. The third-order valence-electron chi connectivity index (χ3n) is 7.04. The fourth-order valence-electron chi connectivity index (χ4n) is 4.89. The van der Waals surface area contributed by atoms with E-state index < -0.39 is 0 Å². The van der Waals surface area contributed by atoms with Crippen LogP contribution in [0.25, 0.3) is 0 Å². The molecule has 182 valence electrons. The number of Topliss-reactive ketones (excluding diaryl/α,β-unsaturated/α-hetero) is 1. The van der Waals surface area contributed by atoms with Crippen LogP contribution in [0.1, 0.15) is 66.1 Å². The lowest BCUT2D eigenvalue weighted by molar-refractivity contribution is 0.0679. The fraction of sp³-hybridized carbons (Fsp3) is 0.536. The maximum absolute atomic E-state index is 12.9. The second-order valence-corrected chi connectivity index (χ2v) is 9.61. The number of carbonyl (C=O) groups excluding carboxylic acids is 1. The second-order valence-electron chi connectivity index (χ2n) is 9.61. The Morgan fingerprint density at radius 2 is 2.03 bits per heavy atom. The number of nitrogens with one attached hydrogen (secondary N) is 1. The molecule has 0 aromatic heterocycles. The summed E-state index contributed by atoms with van der Waals surface area (Å²) in [4.78, 5) is 23.6. The van der Waals surface area contributed by atoms with Crippen LogP contribution in [-0.4, -0.2) is 37.7 Å². The van der Waals surface area contributed by atoms with Crippen LogP contribution in [0.4, 0.5) is 0 Å². The van der Waals surface area contributed by atoms with Crippen molar-refractivity contribution in [2.75, 3.05) is 19.8 Å². The van der Waals surface area contributed by atoms with E-state index in [1.807, 2.05) is 31.2 Å². The van der Waals surface area contributed by atoms with Gasteiger partial charge in [-0.05, 0) is 85.4 Å². The Kier molecular flexibility index (Phi) is 8.83. The number of ketones is 1. The van der Waals surface area contributed by atoms with Gasteiger partial charge in [0.25, 0.3) is 0 Å². The average Bonchev–Trinajstić information content (AvgIpc) is 3.39. The van der Waals surface area contributed by atoms with Crippen molar-refractivity contribution >= 4 is 5.78 Å². The number of hydrogen-bond acceptors (Lipinski definition) is 6. The summed E-state index contributed by atoms with van der Waals surface area (Å²) in [7, 11) is 0. The molecule has 6 nitrogen and oxygen atoms in total. The van der Waals surface area contributed by atoms with Crippen molar-refractivity contribution in [2.24, 2.45) is 11.1 Å². The Bertz CT molecular complexity index is 953. The lowest BCUT2D eigenvalue weighted by atomic mass is 9.80. The predicted molar refractivity (Wildman–Crippen MR) is 133 cm³/mol.